The molecule has 0 amide bonds. The van der Waals surface area contributed by atoms with Gasteiger partial charge >= 0.3 is 6.01 Å². The average Bonchev–Trinajstić information content (AvgIpc) is 2.75. The number of hydrogen-bond acceptors (Lipinski definition) is 5. The van der Waals surface area contributed by atoms with Gasteiger partial charge in [-0.2, -0.15) is 0 Å². The van der Waals surface area contributed by atoms with Crippen molar-refractivity contribution in [3.8, 4) is 0 Å². The molecule has 0 aliphatic rings. The van der Waals surface area contributed by atoms with E-state index in [2.05, 4.69) is 40.6 Å². The molecule has 0 saturated heterocycles. The Kier molecular flexibility index (Phi) is 3.72. The zero-order chi connectivity index (χ0) is 12.1. The molecule has 17 heavy (non-hydrogen) atoms. The Morgan fingerprint density at radius 2 is 2.24 bits per heavy atom. The first-order chi connectivity index (χ1) is 8.28. The van der Waals surface area contributed by atoms with Crippen LogP contribution in [0, 0.1) is 6.92 Å². The minimum absolute atomic E-state index is 0.440. The third kappa shape index (κ3) is 3.29. The highest BCUT2D eigenvalue weighted by Crippen LogP contribution is 2.09. The molecule has 90 valence electrons. The molecule has 1 heterocycles. The largest absolute Gasteiger partial charge is 0.408 e. The molecular weight excluding hydrogens is 216 g/mol. The number of hydrogen-bond donors (Lipinski definition) is 2. The number of nitrogens with two attached hydrogens (primary N) is 1. The lowest BCUT2D eigenvalue weighted by atomic mass is 10.1. The maximum atomic E-state index is 5.40. The number of aryl methyl sites for hydroxylation is 1. The molecule has 2 aromatic rings. The van der Waals surface area contributed by atoms with Crippen molar-refractivity contribution in [3.63, 3.8) is 0 Å². The Bertz CT molecular complexity index is 481. The minimum Gasteiger partial charge on any atom is -0.408 e. The number of nitrogens with one attached hydrogen (secondary N) is 1. The maximum absolute atomic E-state index is 5.40. The predicted molar refractivity (Wildman–Crippen MR) is 65.6 cm³/mol. The van der Waals surface area contributed by atoms with Crippen LogP contribution in [0.2, 0.25) is 0 Å². The Morgan fingerprint density at radius 3 is 3.00 bits per heavy atom. The summed E-state index contributed by atoms with van der Waals surface area (Å²) in [5.41, 5.74) is 7.82. The Morgan fingerprint density at radius 1 is 1.35 bits per heavy atom. The van der Waals surface area contributed by atoms with Gasteiger partial charge in [0, 0.05) is 19.5 Å². The second-order valence-electron chi connectivity index (χ2n) is 3.88. The van der Waals surface area contributed by atoms with Crippen LogP contribution in [0.25, 0.3) is 0 Å². The monoisotopic (exact) mass is 232 g/mol. The normalized spacial score (nSPS) is 10.5. The van der Waals surface area contributed by atoms with Crippen molar-refractivity contribution in [2.75, 3.05) is 11.9 Å². The molecule has 0 atom stereocenters. The standard InChI is InChI=1S/C12H16N4O/c1-9-3-2-4-10(7-9)8-14-12-16-15-11(17-12)5-6-13/h2-4,7H,5-6,8,13H2,1H3,(H,14,16). The molecule has 0 fully saturated rings. The van der Waals surface area contributed by atoms with Gasteiger partial charge in [0.25, 0.3) is 0 Å². The number of nitrogens with zero attached hydrogens (tertiary/aromatic N) is 2. The van der Waals surface area contributed by atoms with Gasteiger partial charge in [-0.05, 0) is 12.5 Å². The molecule has 2 rings (SSSR count). The highest BCUT2D eigenvalue weighted by Gasteiger charge is 2.04. The number of anilines is 1. The SMILES string of the molecule is Cc1cccc(CNc2nnc(CCN)o2)c1. The van der Waals surface area contributed by atoms with Crippen molar-refractivity contribution in [2.24, 2.45) is 5.73 Å². The second kappa shape index (κ2) is 5.45. The van der Waals surface area contributed by atoms with E-state index in [9.17, 15) is 0 Å². The molecule has 0 aliphatic carbocycles. The van der Waals surface area contributed by atoms with Crippen LogP contribution in [0.5, 0.6) is 0 Å². The van der Waals surface area contributed by atoms with E-state index < -0.39 is 0 Å². The molecule has 1 aromatic heterocycles. The molecule has 0 bridgehead atoms. The van der Waals surface area contributed by atoms with E-state index >= 15 is 0 Å². The van der Waals surface area contributed by atoms with Crippen molar-refractivity contribution in [1.82, 2.24) is 10.2 Å². The predicted octanol–water partition coefficient (Wildman–Crippen LogP) is 1.49. The summed E-state index contributed by atoms with van der Waals surface area (Å²) >= 11 is 0. The van der Waals surface area contributed by atoms with Crippen molar-refractivity contribution < 1.29 is 4.42 Å². The number of rotatable bonds is 5. The van der Waals surface area contributed by atoms with Gasteiger partial charge in [0.1, 0.15) is 0 Å². The van der Waals surface area contributed by atoms with E-state index in [1.807, 2.05) is 6.07 Å². The molecule has 5 heteroatoms. The second-order valence-corrected chi connectivity index (χ2v) is 3.88. The maximum Gasteiger partial charge on any atom is 0.315 e. The first kappa shape index (κ1) is 11.6. The van der Waals surface area contributed by atoms with E-state index in [0.29, 0.717) is 31.4 Å². The van der Waals surface area contributed by atoms with Crippen LogP contribution in [0.15, 0.2) is 28.7 Å². The van der Waals surface area contributed by atoms with Crippen molar-refractivity contribution >= 4 is 6.01 Å². The Labute approximate surface area is 100 Å². The zero-order valence-corrected chi connectivity index (χ0v) is 9.81. The topological polar surface area (TPSA) is 77.0 Å². The fourth-order valence-electron chi connectivity index (χ4n) is 1.55. The first-order valence-electron chi connectivity index (χ1n) is 5.60. The van der Waals surface area contributed by atoms with E-state index in [0.717, 1.165) is 0 Å². The van der Waals surface area contributed by atoms with Crippen LogP contribution >= 0.6 is 0 Å². The van der Waals surface area contributed by atoms with E-state index in [1.165, 1.54) is 11.1 Å². The van der Waals surface area contributed by atoms with Gasteiger partial charge in [-0.3, -0.25) is 0 Å². The molecule has 0 saturated carbocycles. The van der Waals surface area contributed by atoms with Crippen LogP contribution in [-0.4, -0.2) is 16.7 Å². The molecule has 5 nitrogen and oxygen atoms in total. The molecule has 0 unspecified atom stereocenters. The molecule has 1 aromatic carbocycles. The summed E-state index contributed by atoms with van der Waals surface area (Å²) in [6, 6.07) is 8.70. The van der Waals surface area contributed by atoms with Crippen molar-refractivity contribution in [3.05, 3.63) is 41.3 Å². The summed E-state index contributed by atoms with van der Waals surface area (Å²) in [6.07, 6.45) is 0.610. The highest BCUT2D eigenvalue weighted by atomic mass is 16.4. The lowest BCUT2D eigenvalue weighted by molar-refractivity contribution is 0.505. The molecular formula is C12H16N4O. The third-order valence-electron chi connectivity index (χ3n) is 2.35. The Hall–Kier alpha value is -1.88. The van der Waals surface area contributed by atoms with Crippen molar-refractivity contribution in [1.29, 1.82) is 0 Å². The minimum atomic E-state index is 0.440. The molecule has 3 N–H and O–H groups in total. The van der Waals surface area contributed by atoms with Crippen LogP contribution in [0.4, 0.5) is 6.01 Å². The number of benzene rings is 1. The quantitative estimate of drug-likeness (QED) is 0.816. The number of aromatic nitrogens is 2. The van der Waals surface area contributed by atoms with Gasteiger partial charge in [-0.1, -0.05) is 34.9 Å². The van der Waals surface area contributed by atoms with Gasteiger partial charge in [-0.15, -0.1) is 5.10 Å². The summed E-state index contributed by atoms with van der Waals surface area (Å²) in [5.74, 6) is 0.569. The summed E-state index contributed by atoms with van der Waals surface area (Å²) in [4.78, 5) is 0. The summed E-state index contributed by atoms with van der Waals surface area (Å²) in [6.45, 7) is 3.25. The zero-order valence-electron chi connectivity index (χ0n) is 9.81. The smallest absolute Gasteiger partial charge is 0.315 e. The fourth-order valence-corrected chi connectivity index (χ4v) is 1.55. The lowest BCUT2D eigenvalue weighted by Gasteiger charge is -2.02. The van der Waals surface area contributed by atoms with Crippen LogP contribution in [0.3, 0.4) is 0 Å². The van der Waals surface area contributed by atoms with Crippen molar-refractivity contribution in [2.45, 2.75) is 19.9 Å². The van der Waals surface area contributed by atoms with E-state index in [4.69, 9.17) is 10.2 Å². The first-order valence-corrected chi connectivity index (χ1v) is 5.60. The van der Waals surface area contributed by atoms with Crippen LogP contribution in [0.1, 0.15) is 17.0 Å². The average molecular weight is 232 g/mol. The van der Waals surface area contributed by atoms with Gasteiger partial charge in [0.05, 0.1) is 0 Å². The highest BCUT2D eigenvalue weighted by molar-refractivity contribution is 5.26. The molecule has 0 aliphatic heterocycles. The van der Waals surface area contributed by atoms with E-state index in [1.54, 1.807) is 0 Å². The summed E-state index contributed by atoms with van der Waals surface area (Å²) < 4.78 is 5.36. The van der Waals surface area contributed by atoms with Crippen LogP contribution in [-0.2, 0) is 13.0 Å². The lowest BCUT2D eigenvalue weighted by Crippen LogP contribution is -2.02. The Balaban J connectivity index is 1.93. The molecule has 0 spiro atoms. The van der Waals surface area contributed by atoms with Gasteiger partial charge in [0.15, 0.2) is 0 Å². The summed E-state index contributed by atoms with van der Waals surface area (Å²) in [5, 5.41) is 10.9. The van der Waals surface area contributed by atoms with E-state index in [-0.39, 0.29) is 0 Å². The molecule has 0 radical (unpaired) electrons. The summed E-state index contributed by atoms with van der Waals surface area (Å²) in [7, 11) is 0. The third-order valence-corrected chi connectivity index (χ3v) is 2.35. The fraction of sp³-hybridized carbons (Fsp3) is 0.333. The van der Waals surface area contributed by atoms with Gasteiger partial charge < -0.3 is 15.5 Å². The van der Waals surface area contributed by atoms with Crippen LogP contribution < -0.4 is 11.1 Å². The van der Waals surface area contributed by atoms with Gasteiger partial charge in [-0.25, -0.2) is 0 Å². The van der Waals surface area contributed by atoms with Gasteiger partial charge in [0.2, 0.25) is 5.89 Å².